The van der Waals surface area contributed by atoms with E-state index in [0.717, 1.165) is 10.8 Å². The molecule has 4 aromatic carbocycles. The molecule has 0 atom stereocenters. The van der Waals surface area contributed by atoms with Crippen LogP contribution in [0.3, 0.4) is 0 Å². The van der Waals surface area contributed by atoms with Crippen molar-refractivity contribution >= 4 is 44.0 Å². The van der Waals surface area contributed by atoms with E-state index < -0.39 is 5.82 Å². The van der Waals surface area contributed by atoms with E-state index in [1.807, 2.05) is 48.5 Å². The third-order valence-electron chi connectivity index (χ3n) is 5.09. The fourth-order valence-electron chi connectivity index (χ4n) is 3.54. The van der Waals surface area contributed by atoms with Crippen molar-refractivity contribution in [2.45, 2.75) is 6.61 Å². The van der Waals surface area contributed by atoms with Gasteiger partial charge in [0.25, 0.3) is 0 Å². The average Bonchev–Trinajstić information content (AvgIpc) is 2.90. The summed E-state index contributed by atoms with van der Waals surface area (Å²) in [4.78, 5) is 17.5. The van der Waals surface area contributed by atoms with Gasteiger partial charge in [-0.05, 0) is 41.1 Å². The van der Waals surface area contributed by atoms with Crippen molar-refractivity contribution in [3.8, 4) is 5.75 Å². The Labute approximate surface area is 176 Å². The molecule has 30 heavy (non-hydrogen) atoms. The number of hydrogen-bond acceptors (Lipinski definition) is 3. The van der Waals surface area contributed by atoms with E-state index in [1.54, 1.807) is 18.2 Å². The molecule has 0 unspecified atom stereocenters. The van der Waals surface area contributed by atoms with Gasteiger partial charge in [-0.25, -0.2) is 9.37 Å². The average molecular weight is 416 g/mol. The number of rotatable bonds is 3. The molecule has 0 radical (unpaired) electrons. The first kappa shape index (κ1) is 18.5. The zero-order chi connectivity index (χ0) is 20.7. The largest absolute Gasteiger partial charge is 0.487 e. The number of nitrogens with zero attached hydrogens (tertiary/aromatic N) is 1. The molecule has 0 bridgehead atoms. The number of fused-ring (bicyclic) bond motifs is 3. The van der Waals surface area contributed by atoms with Gasteiger partial charge in [0.1, 0.15) is 18.2 Å². The van der Waals surface area contributed by atoms with Crippen LogP contribution in [0.5, 0.6) is 5.75 Å². The summed E-state index contributed by atoms with van der Waals surface area (Å²) in [7, 11) is 0. The standard InChI is InChI=1S/C25H15ClFNO2/c26-22-13-24-17(11-23(22)27)7-9-18(28-24)14-30-19-10-8-16-6-5-15-3-1-2-4-20(15)25(29)21(16)12-19/h1-13H,14H2. The normalized spacial score (nSPS) is 11.3. The lowest BCUT2D eigenvalue weighted by Crippen LogP contribution is -2.01. The summed E-state index contributed by atoms with van der Waals surface area (Å²) in [6.07, 6.45) is 0. The van der Waals surface area contributed by atoms with Crippen LogP contribution in [0.2, 0.25) is 5.02 Å². The molecule has 5 heteroatoms. The number of hydrogen-bond donors (Lipinski definition) is 0. The van der Waals surface area contributed by atoms with E-state index in [0.29, 0.717) is 33.1 Å². The molecule has 3 nitrogen and oxygen atoms in total. The van der Waals surface area contributed by atoms with Crippen molar-refractivity contribution < 1.29 is 9.13 Å². The van der Waals surface area contributed by atoms with Crippen LogP contribution >= 0.6 is 11.6 Å². The molecule has 146 valence electrons. The Hall–Kier alpha value is -3.50. The highest BCUT2D eigenvalue weighted by Gasteiger charge is 2.07. The van der Waals surface area contributed by atoms with Gasteiger partial charge in [-0.3, -0.25) is 4.79 Å². The molecule has 0 N–H and O–H groups in total. The van der Waals surface area contributed by atoms with E-state index in [-0.39, 0.29) is 17.1 Å². The van der Waals surface area contributed by atoms with Crippen LogP contribution in [-0.4, -0.2) is 4.98 Å². The third kappa shape index (κ3) is 3.36. The van der Waals surface area contributed by atoms with Gasteiger partial charge in [0.05, 0.1) is 16.2 Å². The Morgan fingerprint density at radius 3 is 2.43 bits per heavy atom. The highest BCUT2D eigenvalue weighted by atomic mass is 35.5. The van der Waals surface area contributed by atoms with Crippen LogP contribution in [0.25, 0.3) is 32.4 Å². The molecular formula is C25H15ClFNO2. The van der Waals surface area contributed by atoms with Gasteiger partial charge < -0.3 is 4.74 Å². The molecule has 5 rings (SSSR count). The Kier molecular flexibility index (Phi) is 4.57. The quantitative estimate of drug-likeness (QED) is 0.348. The summed E-state index contributed by atoms with van der Waals surface area (Å²) in [6, 6.07) is 23.3. The predicted octanol–water partition coefficient (Wildman–Crippen LogP) is 6.27. The highest BCUT2D eigenvalue weighted by molar-refractivity contribution is 6.31. The Bertz CT molecular complexity index is 1500. The van der Waals surface area contributed by atoms with Crippen LogP contribution < -0.4 is 10.2 Å². The van der Waals surface area contributed by atoms with Gasteiger partial charge in [-0.2, -0.15) is 0 Å². The second-order valence-electron chi connectivity index (χ2n) is 7.05. The first-order valence-electron chi connectivity index (χ1n) is 9.42. The molecule has 0 amide bonds. The minimum atomic E-state index is -0.472. The van der Waals surface area contributed by atoms with Crippen LogP contribution in [0.1, 0.15) is 5.69 Å². The lowest BCUT2D eigenvalue weighted by atomic mass is 10.1. The Morgan fingerprint density at radius 2 is 1.57 bits per heavy atom. The van der Waals surface area contributed by atoms with Crippen molar-refractivity contribution in [2.24, 2.45) is 0 Å². The molecule has 0 spiro atoms. The summed E-state index contributed by atoms with van der Waals surface area (Å²) in [5.74, 6) is 0.106. The number of ether oxygens (including phenoxy) is 1. The maximum absolute atomic E-state index is 13.6. The molecular weight excluding hydrogens is 401 g/mol. The van der Waals surface area contributed by atoms with Crippen LogP contribution in [0.15, 0.2) is 83.7 Å². The van der Waals surface area contributed by atoms with Gasteiger partial charge in [0, 0.05) is 16.2 Å². The van der Waals surface area contributed by atoms with Crippen molar-refractivity contribution in [1.82, 2.24) is 4.98 Å². The van der Waals surface area contributed by atoms with E-state index in [1.165, 1.54) is 12.1 Å². The zero-order valence-electron chi connectivity index (χ0n) is 15.7. The second-order valence-corrected chi connectivity index (χ2v) is 7.46. The molecule has 0 aliphatic rings. The van der Waals surface area contributed by atoms with Crippen LogP contribution in [0, 0.1) is 5.82 Å². The molecule has 0 aliphatic carbocycles. The predicted molar refractivity (Wildman–Crippen MR) is 119 cm³/mol. The number of pyridine rings is 1. The smallest absolute Gasteiger partial charge is 0.194 e. The molecule has 1 heterocycles. The second kappa shape index (κ2) is 7.39. The summed E-state index contributed by atoms with van der Waals surface area (Å²) in [5.41, 5.74) is 1.24. The van der Waals surface area contributed by atoms with Crippen molar-refractivity contribution in [2.75, 3.05) is 0 Å². The number of aromatic nitrogens is 1. The molecule has 0 fully saturated rings. The van der Waals surface area contributed by atoms with Gasteiger partial charge in [0.15, 0.2) is 5.43 Å². The SMILES string of the molecule is O=c1c2ccccc2ccc2ccc(OCc3ccc4cc(F)c(Cl)cc4n3)cc12. The van der Waals surface area contributed by atoms with Crippen LogP contribution in [-0.2, 0) is 6.61 Å². The Balaban J connectivity index is 1.49. The topological polar surface area (TPSA) is 39.2 Å². The summed E-state index contributed by atoms with van der Waals surface area (Å²) in [5, 5.41) is 3.72. The minimum Gasteiger partial charge on any atom is -0.487 e. The maximum atomic E-state index is 13.6. The van der Waals surface area contributed by atoms with Crippen LogP contribution in [0.4, 0.5) is 4.39 Å². The van der Waals surface area contributed by atoms with Crippen molar-refractivity contribution in [1.29, 1.82) is 0 Å². The van der Waals surface area contributed by atoms with Gasteiger partial charge in [0.2, 0.25) is 0 Å². The molecule has 0 saturated heterocycles. The molecule has 1 aromatic heterocycles. The van der Waals surface area contributed by atoms with Crippen molar-refractivity contribution in [3.63, 3.8) is 0 Å². The first-order valence-corrected chi connectivity index (χ1v) is 9.80. The molecule has 5 aromatic rings. The monoisotopic (exact) mass is 415 g/mol. The fraction of sp³-hybridized carbons (Fsp3) is 0.0400. The number of benzene rings is 3. The summed E-state index contributed by atoms with van der Waals surface area (Å²) >= 11 is 5.86. The Morgan fingerprint density at radius 1 is 0.833 bits per heavy atom. The third-order valence-corrected chi connectivity index (χ3v) is 5.38. The van der Waals surface area contributed by atoms with E-state index in [4.69, 9.17) is 16.3 Å². The van der Waals surface area contributed by atoms with E-state index in [2.05, 4.69) is 4.98 Å². The molecule has 0 aliphatic heterocycles. The fourth-order valence-corrected chi connectivity index (χ4v) is 3.70. The lowest BCUT2D eigenvalue weighted by Gasteiger charge is -2.08. The van der Waals surface area contributed by atoms with Crippen molar-refractivity contribution in [3.05, 3.63) is 106 Å². The van der Waals surface area contributed by atoms with E-state index >= 15 is 0 Å². The van der Waals surface area contributed by atoms with Gasteiger partial charge in [-0.1, -0.05) is 60.1 Å². The minimum absolute atomic E-state index is 0.0310. The highest BCUT2D eigenvalue weighted by Crippen LogP contribution is 2.24. The van der Waals surface area contributed by atoms with Gasteiger partial charge >= 0.3 is 0 Å². The number of halogens is 2. The molecule has 0 saturated carbocycles. The van der Waals surface area contributed by atoms with Gasteiger partial charge in [-0.15, -0.1) is 0 Å². The lowest BCUT2D eigenvalue weighted by molar-refractivity contribution is 0.302. The zero-order valence-corrected chi connectivity index (χ0v) is 16.5. The summed E-state index contributed by atoms with van der Waals surface area (Å²) < 4.78 is 19.5. The maximum Gasteiger partial charge on any atom is 0.194 e. The van der Waals surface area contributed by atoms with E-state index in [9.17, 15) is 9.18 Å². The first-order chi connectivity index (χ1) is 14.6. The summed E-state index contributed by atoms with van der Waals surface area (Å²) in [6.45, 7) is 0.213.